The number of carbonyl (C=O) groups is 1. The van der Waals surface area contributed by atoms with Crippen LogP contribution in [0.2, 0.25) is 0 Å². The molecule has 2 heterocycles. The maximum atomic E-state index is 12.4. The van der Waals surface area contributed by atoms with Crippen LogP contribution in [0.4, 0.5) is 5.69 Å². The molecule has 0 atom stereocenters. The molecule has 11 nitrogen and oxygen atoms in total. The highest BCUT2D eigenvalue weighted by molar-refractivity contribution is 7.91. The lowest BCUT2D eigenvalue weighted by Crippen LogP contribution is -2.48. The number of rotatable bonds is 5. The number of hydrogen-bond donors (Lipinski definition) is 5. The Bertz CT molecular complexity index is 1170. The Morgan fingerprint density at radius 3 is 2.76 bits per heavy atom. The van der Waals surface area contributed by atoms with Gasteiger partial charge in [0.2, 0.25) is 0 Å². The molecule has 0 radical (unpaired) electrons. The molecule has 29 heavy (non-hydrogen) atoms. The molecule has 0 saturated heterocycles. The van der Waals surface area contributed by atoms with Crippen LogP contribution >= 0.6 is 0 Å². The molecule has 1 amide bonds. The molecule has 12 heteroatoms. The molecule has 6 N–H and O–H groups in total. The van der Waals surface area contributed by atoms with E-state index >= 15 is 0 Å². The smallest absolute Gasteiger partial charge is 0.344 e. The van der Waals surface area contributed by atoms with Crippen LogP contribution in [0.3, 0.4) is 0 Å². The Balaban J connectivity index is 1.76. The van der Waals surface area contributed by atoms with Crippen molar-refractivity contribution in [2.75, 3.05) is 11.3 Å². The van der Waals surface area contributed by atoms with Crippen molar-refractivity contribution in [2.24, 2.45) is 10.1 Å². The molecule has 1 aliphatic rings. The lowest BCUT2D eigenvalue weighted by molar-refractivity contribution is 0.0880. The van der Waals surface area contributed by atoms with Gasteiger partial charge in [-0.1, -0.05) is 6.07 Å². The van der Waals surface area contributed by atoms with Crippen molar-refractivity contribution in [3.63, 3.8) is 0 Å². The number of nitrogens with two attached hydrogens (primary N) is 1. The van der Waals surface area contributed by atoms with E-state index in [4.69, 9.17) is 10.5 Å². The van der Waals surface area contributed by atoms with E-state index in [0.717, 1.165) is 12.1 Å². The molecule has 0 aliphatic carbocycles. The Labute approximate surface area is 165 Å². The average Bonchev–Trinajstić information content (AvgIpc) is 2.57. The SMILES string of the molecule is CC(C)(COc1cccc2c1C(N)=NS(=O)(=O)N2)NC(=O)c1cc(O)[nH]c(=O)c1. The number of ether oxygens (including phenoxy) is 1. The topological polar surface area (TPSA) is 176 Å². The van der Waals surface area contributed by atoms with Crippen LogP contribution < -0.4 is 26.1 Å². The van der Waals surface area contributed by atoms with E-state index in [0.29, 0.717) is 5.56 Å². The Hall–Kier alpha value is -3.54. The predicted octanol–water partition coefficient (Wildman–Crippen LogP) is 0.0435. The summed E-state index contributed by atoms with van der Waals surface area (Å²) in [5.74, 6) is -0.939. The van der Waals surface area contributed by atoms with Crippen molar-refractivity contribution >= 4 is 27.6 Å². The zero-order chi connectivity index (χ0) is 21.4. The second kappa shape index (κ2) is 7.13. The van der Waals surface area contributed by atoms with E-state index < -0.39 is 33.1 Å². The van der Waals surface area contributed by atoms with E-state index in [1.807, 2.05) is 0 Å². The van der Waals surface area contributed by atoms with Gasteiger partial charge in [0.25, 0.3) is 11.5 Å². The van der Waals surface area contributed by atoms with Gasteiger partial charge in [-0.3, -0.25) is 19.3 Å². The molecule has 3 rings (SSSR count). The van der Waals surface area contributed by atoms with Crippen molar-refractivity contribution in [1.82, 2.24) is 10.3 Å². The number of benzene rings is 1. The summed E-state index contributed by atoms with van der Waals surface area (Å²) in [5, 5.41) is 12.1. The number of anilines is 1. The average molecular weight is 421 g/mol. The van der Waals surface area contributed by atoms with E-state index in [9.17, 15) is 23.1 Å². The van der Waals surface area contributed by atoms with Crippen molar-refractivity contribution in [1.29, 1.82) is 0 Å². The molecule has 1 aliphatic heterocycles. The van der Waals surface area contributed by atoms with Crippen LogP contribution in [0.15, 0.2) is 39.5 Å². The Morgan fingerprint density at radius 1 is 1.34 bits per heavy atom. The molecule has 0 fully saturated rings. The first-order valence-electron chi connectivity index (χ1n) is 8.36. The standard InChI is InChI=1S/C17H19N5O6S/c1-17(2,20-16(25)9-6-12(23)19-13(24)7-9)8-28-11-5-3-4-10-14(11)15(18)22-29(26,27)21-10/h3-7,21H,8H2,1-2H3,(H2,18,22)(H,20,25)(H2,19,23,24). The highest BCUT2D eigenvalue weighted by Crippen LogP contribution is 2.30. The number of nitrogens with zero attached hydrogens (tertiary/aromatic N) is 1. The number of pyridine rings is 1. The quantitative estimate of drug-likeness (QED) is 0.453. The summed E-state index contributed by atoms with van der Waals surface area (Å²) < 4.78 is 34.7. The summed E-state index contributed by atoms with van der Waals surface area (Å²) in [4.78, 5) is 25.9. The number of carbonyl (C=O) groups excluding carboxylic acids is 1. The first-order valence-corrected chi connectivity index (χ1v) is 9.80. The van der Waals surface area contributed by atoms with Crippen LogP contribution in [-0.2, 0) is 10.2 Å². The van der Waals surface area contributed by atoms with Gasteiger partial charge in [0.1, 0.15) is 12.4 Å². The number of nitrogens with one attached hydrogen (secondary N) is 3. The third kappa shape index (κ3) is 4.66. The third-order valence-corrected chi connectivity index (χ3v) is 4.79. The zero-order valence-electron chi connectivity index (χ0n) is 15.5. The summed E-state index contributed by atoms with van der Waals surface area (Å²) in [5.41, 5.74) is 4.78. The highest BCUT2D eigenvalue weighted by atomic mass is 32.2. The second-order valence-corrected chi connectivity index (χ2v) is 8.31. The number of amides is 1. The Morgan fingerprint density at radius 2 is 2.07 bits per heavy atom. The second-order valence-electron chi connectivity index (χ2n) is 6.98. The summed E-state index contributed by atoms with van der Waals surface area (Å²) in [6, 6.07) is 6.88. The van der Waals surface area contributed by atoms with E-state index in [-0.39, 0.29) is 29.4 Å². The minimum atomic E-state index is -3.91. The molecular weight excluding hydrogens is 402 g/mol. The molecule has 1 aromatic heterocycles. The van der Waals surface area contributed by atoms with E-state index in [1.165, 1.54) is 6.07 Å². The third-order valence-electron chi connectivity index (χ3n) is 3.87. The van der Waals surface area contributed by atoms with Crippen LogP contribution in [0, 0.1) is 0 Å². The number of aromatic amines is 1. The molecule has 0 saturated carbocycles. The van der Waals surface area contributed by atoms with Crippen molar-refractivity contribution in [2.45, 2.75) is 19.4 Å². The van der Waals surface area contributed by atoms with Gasteiger partial charge >= 0.3 is 10.2 Å². The number of fused-ring (bicyclic) bond motifs is 1. The van der Waals surface area contributed by atoms with Gasteiger partial charge in [-0.15, -0.1) is 4.40 Å². The summed E-state index contributed by atoms with van der Waals surface area (Å²) >= 11 is 0. The summed E-state index contributed by atoms with van der Waals surface area (Å²) in [7, 11) is -3.91. The number of H-pyrrole nitrogens is 1. The minimum Gasteiger partial charge on any atom is -0.494 e. The summed E-state index contributed by atoms with van der Waals surface area (Å²) in [6.07, 6.45) is 0. The molecule has 0 unspecified atom stereocenters. The lowest BCUT2D eigenvalue weighted by Gasteiger charge is -2.27. The maximum Gasteiger partial charge on any atom is 0.344 e. The van der Waals surface area contributed by atoms with Gasteiger partial charge < -0.3 is 20.9 Å². The van der Waals surface area contributed by atoms with E-state index in [2.05, 4.69) is 19.4 Å². The number of aromatic nitrogens is 1. The number of aromatic hydroxyl groups is 1. The summed E-state index contributed by atoms with van der Waals surface area (Å²) in [6.45, 7) is 3.37. The molecular formula is C17H19N5O6S. The Kier molecular flexibility index (Phi) is 4.96. The van der Waals surface area contributed by atoms with Crippen LogP contribution in [-0.4, -0.2) is 42.4 Å². The largest absolute Gasteiger partial charge is 0.494 e. The maximum absolute atomic E-state index is 12.4. The van der Waals surface area contributed by atoms with Crippen molar-refractivity contribution < 1.29 is 23.1 Å². The molecule has 2 aromatic rings. The fraction of sp³-hybridized carbons (Fsp3) is 0.235. The van der Waals surface area contributed by atoms with Gasteiger partial charge in [0.15, 0.2) is 11.7 Å². The van der Waals surface area contributed by atoms with Crippen LogP contribution in [0.1, 0.15) is 29.8 Å². The van der Waals surface area contributed by atoms with Gasteiger partial charge in [-0.2, -0.15) is 8.42 Å². The fourth-order valence-corrected chi connectivity index (χ4v) is 3.51. The monoisotopic (exact) mass is 421 g/mol. The highest BCUT2D eigenvalue weighted by Gasteiger charge is 2.27. The first kappa shape index (κ1) is 20.2. The van der Waals surface area contributed by atoms with Gasteiger partial charge in [0, 0.05) is 12.1 Å². The van der Waals surface area contributed by atoms with Crippen molar-refractivity contribution in [3.8, 4) is 11.6 Å². The molecule has 154 valence electrons. The minimum absolute atomic E-state index is 0.00953. The number of amidine groups is 1. The van der Waals surface area contributed by atoms with Gasteiger partial charge in [-0.05, 0) is 26.0 Å². The van der Waals surface area contributed by atoms with E-state index in [1.54, 1.807) is 26.0 Å². The normalized spacial score (nSPS) is 14.9. The molecule has 1 aromatic carbocycles. The van der Waals surface area contributed by atoms with Crippen LogP contribution in [0.25, 0.3) is 0 Å². The zero-order valence-corrected chi connectivity index (χ0v) is 16.3. The fourth-order valence-electron chi connectivity index (χ4n) is 2.67. The number of hydrogen-bond acceptors (Lipinski definition) is 7. The van der Waals surface area contributed by atoms with Gasteiger partial charge in [0.05, 0.1) is 22.4 Å². The molecule has 0 bridgehead atoms. The van der Waals surface area contributed by atoms with Gasteiger partial charge in [-0.25, -0.2) is 0 Å². The lowest BCUT2D eigenvalue weighted by atomic mass is 10.1. The van der Waals surface area contributed by atoms with Crippen molar-refractivity contribution in [3.05, 3.63) is 51.8 Å². The van der Waals surface area contributed by atoms with Crippen LogP contribution in [0.5, 0.6) is 11.6 Å². The molecule has 0 spiro atoms. The predicted molar refractivity (Wildman–Crippen MR) is 105 cm³/mol. The first-order chi connectivity index (χ1) is 13.5.